The van der Waals surface area contributed by atoms with Crippen LogP contribution in [0.3, 0.4) is 0 Å². The van der Waals surface area contributed by atoms with E-state index in [0.717, 1.165) is 25.7 Å². The van der Waals surface area contributed by atoms with Crippen LogP contribution in [0, 0.1) is 0 Å². The molecule has 0 spiro atoms. The number of hydrogen-bond acceptors (Lipinski definition) is 4. The van der Waals surface area contributed by atoms with Crippen LogP contribution in [0.1, 0.15) is 89.5 Å². The Morgan fingerprint density at radius 3 is 1.53 bits per heavy atom. The van der Waals surface area contributed by atoms with E-state index in [2.05, 4.69) is 59.8 Å². The highest BCUT2D eigenvalue weighted by atomic mass is 16.3. The van der Waals surface area contributed by atoms with Gasteiger partial charge in [0.15, 0.2) is 11.5 Å². The van der Waals surface area contributed by atoms with E-state index in [-0.39, 0.29) is 23.0 Å². The molecule has 0 saturated heterocycles. The van der Waals surface area contributed by atoms with Crippen molar-refractivity contribution in [3.63, 3.8) is 0 Å². The van der Waals surface area contributed by atoms with Crippen molar-refractivity contribution in [2.45, 2.75) is 80.1 Å². The van der Waals surface area contributed by atoms with Gasteiger partial charge in [0.1, 0.15) is 11.5 Å². The fourth-order valence-electron chi connectivity index (χ4n) is 4.06. The van der Waals surface area contributed by atoms with Crippen LogP contribution in [0.4, 0.5) is 0 Å². The van der Waals surface area contributed by atoms with E-state index in [1.54, 1.807) is 24.3 Å². The zero-order valence-corrected chi connectivity index (χ0v) is 23.8. The minimum atomic E-state index is -0.175. The van der Waals surface area contributed by atoms with Gasteiger partial charge in [-0.1, -0.05) is 58.7 Å². The molecule has 0 amide bonds. The average molecular weight is 517 g/mol. The second-order valence-electron chi connectivity index (χ2n) is 10.6. The molecule has 4 N–H and O–H groups in total. The molecule has 0 heterocycles. The Morgan fingerprint density at radius 1 is 0.579 bits per heavy atom. The molecule has 0 aliphatic rings. The molecular weight excluding hydrogens is 472 g/mol. The van der Waals surface area contributed by atoms with E-state index in [9.17, 15) is 20.4 Å². The van der Waals surface area contributed by atoms with Crippen molar-refractivity contribution >= 4 is 12.2 Å². The van der Waals surface area contributed by atoms with Gasteiger partial charge >= 0.3 is 0 Å². The van der Waals surface area contributed by atoms with Crippen LogP contribution in [0.5, 0.6) is 23.0 Å². The van der Waals surface area contributed by atoms with Gasteiger partial charge in [-0.25, -0.2) is 0 Å². The van der Waals surface area contributed by atoms with Gasteiger partial charge in [-0.05, 0) is 115 Å². The molecule has 0 aliphatic heterocycles. The zero-order valence-electron chi connectivity index (χ0n) is 23.8. The molecule has 0 unspecified atom stereocenters. The van der Waals surface area contributed by atoms with Crippen LogP contribution in [-0.4, -0.2) is 20.4 Å². The van der Waals surface area contributed by atoms with Crippen molar-refractivity contribution in [3.8, 4) is 23.0 Å². The summed E-state index contributed by atoms with van der Waals surface area (Å²) in [6, 6.07) is 6.58. The molecule has 2 aromatic carbocycles. The summed E-state index contributed by atoms with van der Waals surface area (Å²) in [5, 5.41) is 41.7. The van der Waals surface area contributed by atoms with Gasteiger partial charge in [-0.15, -0.1) is 0 Å². The second-order valence-corrected chi connectivity index (χ2v) is 10.6. The maximum atomic E-state index is 10.6. The van der Waals surface area contributed by atoms with E-state index < -0.39 is 0 Å². The maximum absolute atomic E-state index is 10.6. The van der Waals surface area contributed by atoms with Crippen molar-refractivity contribution in [2.24, 2.45) is 0 Å². The Kier molecular flexibility index (Phi) is 12.0. The van der Waals surface area contributed by atoms with Crippen LogP contribution >= 0.6 is 0 Å². The highest BCUT2D eigenvalue weighted by Crippen LogP contribution is 2.33. The lowest BCUT2D eigenvalue weighted by Gasteiger charge is -2.09. The minimum Gasteiger partial charge on any atom is -0.507 e. The third kappa shape index (κ3) is 10.4. The van der Waals surface area contributed by atoms with Crippen LogP contribution in [0.2, 0.25) is 0 Å². The normalized spacial score (nSPS) is 12.2. The molecule has 0 radical (unpaired) electrons. The van der Waals surface area contributed by atoms with Gasteiger partial charge < -0.3 is 20.4 Å². The summed E-state index contributed by atoms with van der Waals surface area (Å²) in [5.41, 5.74) is 7.53. The van der Waals surface area contributed by atoms with Crippen molar-refractivity contribution in [1.82, 2.24) is 0 Å². The molecule has 0 aromatic heterocycles. The van der Waals surface area contributed by atoms with Gasteiger partial charge in [0.2, 0.25) is 0 Å². The maximum Gasteiger partial charge on any atom is 0.161 e. The molecule has 38 heavy (non-hydrogen) atoms. The Balaban J connectivity index is 2.14. The lowest BCUT2D eigenvalue weighted by molar-refractivity contribution is 0.400. The van der Waals surface area contributed by atoms with E-state index in [1.165, 1.54) is 28.4 Å². The number of benzene rings is 2. The Hall–Kier alpha value is -3.66. The van der Waals surface area contributed by atoms with Crippen LogP contribution < -0.4 is 0 Å². The Bertz CT molecular complexity index is 1220. The summed E-state index contributed by atoms with van der Waals surface area (Å²) in [7, 11) is 0. The molecular formula is C34H44O4. The average Bonchev–Trinajstić information content (AvgIpc) is 2.82. The molecule has 4 nitrogen and oxygen atoms in total. The smallest absolute Gasteiger partial charge is 0.161 e. The van der Waals surface area contributed by atoms with E-state index in [4.69, 9.17) is 0 Å². The quantitative estimate of drug-likeness (QED) is 0.129. The first-order valence-corrected chi connectivity index (χ1v) is 13.3. The topological polar surface area (TPSA) is 80.9 Å². The first kappa shape index (κ1) is 30.6. The Morgan fingerprint density at radius 2 is 1.03 bits per heavy atom. The zero-order chi connectivity index (χ0) is 28.2. The lowest BCUT2D eigenvalue weighted by Crippen LogP contribution is -1.89. The van der Waals surface area contributed by atoms with E-state index >= 15 is 0 Å². The van der Waals surface area contributed by atoms with Crippen LogP contribution in [0.25, 0.3) is 12.2 Å². The largest absolute Gasteiger partial charge is 0.507 e. The van der Waals surface area contributed by atoms with Crippen molar-refractivity contribution in [1.29, 1.82) is 0 Å². The van der Waals surface area contributed by atoms with Gasteiger partial charge in [0.25, 0.3) is 0 Å². The number of phenols is 4. The first-order valence-electron chi connectivity index (χ1n) is 13.3. The first-order chi connectivity index (χ1) is 18.0. The van der Waals surface area contributed by atoms with Gasteiger partial charge in [-0.3, -0.25) is 0 Å². The fraction of sp³-hybridized carbons (Fsp3) is 0.353. The van der Waals surface area contributed by atoms with Gasteiger partial charge in [0, 0.05) is 11.1 Å². The second kappa shape index (κ2) is 14.9. The van der Waals surface area contributed by atoms with Crippen LogP contribution in [-0.2, 0) is 12.8 Å². The standard InChI is InChI=1S/C34H44O4/c1-23(2)9-7-11-25(5)13-17-29-19-27(22-33(37)34(29)38)15-16-28-20-31(35)30(32(36)21-28)18-14-26(6)12-8-10-24(3)4/h9-10,13-16,19-22,35-38H,7-8,11-12,17-18H2,1-6H3. The number of hydrogen-bond donors (Lipinski definition) is 4. The third-order valence-electron chi connectivity index (χ3n) is 6.39. The minimum absolute atomic E-state index is 0.0426. The molecule has 4 heteroatoms. The molecule has 2 aromatic rings. The fourth-order valence-corrected chi connectivity index (χ4v) is 4.06. The SMILES string of the molecule is CC(C)=CCCC(C)=CCc1cc(C=Cc2cc(O)c(CC=C(C)CCC=C(C)C)c(O)c2)cc(O)c1O. The predicted octanol–water partition coefficient (Wildman–Crippen LogP) is 9.15. The molecule has 204 valence electrons. The molecule has 0 saturated carbocycles. The van der Waals surface area contributed by atoms with Gasteiger partial charge in [0.05, 0.1) is 0 Å². The number of phenolic OH excluding ortho intramolecular Hbond substituents is 4. The molecule has 0 aliphatic carbocycles. The number of rotatable bonds is 12. The molecule has 0 atom stereocenters. The summed E-state index contributed by atoms with van der Waals surface area (Å²) in [6.45, 7) is 12.5. The number of aromatic hydroxyl groups is 4. The third-order valence-corrected chi connectivity index (χ3v) is 6.39. The highest BCUT2D eigenvalue weighted by Gasteiger charge is 2.10. The Labute approximate surface area is 228 Å². The lowest BCUT2D eigenvalue weighted by atomic mass is 10.0. The monoisotopic (exact) mass is 516 g/mol. The predicted molar refractivity (Wildman–Crippen MR) is 161 cm³/mol. The summed E-state index contributed by atoms with van der Waals surface area (Å²) < 4.78 is 0. The van der Waals surface area contributed by atoms with Crippen molar-refractivity contribution in [3.05, 3.63) is 93.1 Å². The summed E-state index contributed by atoms with van der Waals surface area (Å²) >= 11 is 0. The van der Waals surface area contributed by atoms with E-state index in [1.807, 2.05) is 12.1 Å². The summed E-state index contributed by atoms with van der Waals surface area (Å²) in [4.78, 5) is 0. The van der Waals surface area contributed by atoms with Crippen molar-refractivity contribution in [2.75, 3.05) is 0 Å². The number of allylic oxidation sites excluding steroid dienone is 8. The van der Waals surface area contributed by atoms with E-state index in [0.29, 0.717) is 35.1 Å². The van der Waals surface area contributed by atoms with Crippen molar-refractivity contribution < 1.29 is 20.4 Å². The summed E-state index contributed by atoms with van der Waals surface area (Å²) in [6.07, 6.45) is 16.9. The molecule has 0 bridgehead atoms. The van der Waals surface area contributed by atoms with Crippen LogP contribution in [0.15, 0.2) is 70.9 Å². The summed E-state index contributed by atoms with van der Waals surface area (Å²) in [5.74, 6) is -0.202. The molecule has 2 rings (SSSR count). The highest BCUT2D eigenvalue weighted by molar-refractivity contribution is 5.73. The van der Waals surface area contributed by atoms with Gasteiger partial charge in [-0.2, -0.15) is 0 Å². The molecule has 0 fully saturated rings.